The van der Waals surface area contributed by atoms with Crippen LogP contribution in [-0.4, -0.2) is 30.3 Å². The summed E-state index contributed by atoms with van der Waals surface area (Å²) in [6.07, 6.45) is 2.16. The molecule has 2 heterocycles. The van der Waals surface area contributed by atoms with Crippen molar-refractivity contribution >= 4 is 40.5 Å². The van der Waals surface area contributed by atoms with Crippen LogP contribution in [0.25, 0.3) is 0 Å². The highest BCUT2D eigenvalue weighted by atomic mass is 32.1. The number of carbonyl (C=O) groups is 1. The maximum absolute atomic E-state index is 12.2. The number of aryl methyl sites for hydroxylation is 2. The van der Waals surface area contributed by atoms with E-state index in [1.54, 1.807) is 7.05 Å². The first kappa shape index (κ1) is 13.6. The van der Waals surface area contributed by atoms with E-state index in [0.717, 1.165) is 11.5 Å². The summed E-state index contributed by atoms with van der Waals surface area (Å²) in [4.78, 5) is 12.8. The minimum atomic E-state index is -0.284. The van der Waals surface area contributed by atoms with Gasteiger partial charge in [-0.15, -0.1) is 5.10 Å². The van der Waals surface area contributed by atoms with Crippen LogP contribution in [0.5, 0.6) is 0 Å². The van der Waals surface area contributed by atoms with E-state index < -0.39 is 0 Å². The molecule has 2 rings (SSSR count). The largest absolute Gasteiger partial charge is 0.389 e. The minimum Gasteiger partial charge on any atom is -0.389 e. The Labute approximate surface area is 119 Å². The van der Waals surface area contributed by atoms with E-state index in [-0.39, 0.29) is 10.9 Å². The predicted molar refractivity (Wildman–Crippen MR) is 76.3 cm³/mol. The van der Waals surface area contributed by atoms with E-state index in [4.69, 9.17) is 18.0 Å². The molecule has 2 aromatic heterocycles. The number of amides is 1. The number of hydrogen-bond donors (Lipinski definition) is 2. The van der Waals surface area contributed by atoms with Gasteiger partial charge >= 0.3 is 0 Å². The fourth-order valence-corrected chi connectivity index (χ4v) is 2.34. The molecule has 19 heavy (non-hydrogen) atoms. The zero-order valence-electron chi connectivity index (χ0n) is 10.4. The van der Waals surface area contributed by atoms with Crippen molar-refractivity contribution in [2.75, 3.05) is 5.32 Å². The molecule has 0 spiro atoms. The van der Waals surface area contributed by atoms with Crippen molar-refractivity contribution in [1.82, 2.24) is 19.4 Å². The Morgan fingerprint density at radius 1 is 1.63 bits per heavy atom. The molecule has 0 atom stereocenters. The first-order valence-corrected chi connectivity index (χ1v) is 6.67. The average Bonchev–Trinajstić information content (AvgIpc) is 2.96. The average molecular weight is 296 g/mol. The number of aromatic nitrogens is 4. The van der Waals surface area contributed by atoms with Gasteiger partial charge in [0.25, 0.3) is 5.91 Å². The van der Waals surface area contributed by atoms with Gasteiger partial charge in [-0.3, -0.25) is 9.48 Å². The van der Waals surface area contributed by atoms with Gasteiger partial charge in [0.05, 0.1) is 17.5 Å². The van der Waals surface area contributed by atoms with Crippen molar-refractivity contribution in [2.24, 2.45) is 12.8 Å². The maximum Gasteiger partial charge on any atom is 0.270 e. The van der Waals surface area contributed by atoms with Gasteiger partial charge in [-0.05, 0) is 18.0 Å². The van der Waals surface area contributed by atoms with Gasteiger partial charge in [0.1, 0.15) is 15.7 Å². The third-order valence-corrected chi connectivity index (χ3v) is 3.52. The molecule has 0 bridgehead atoms. The highest BCUT2D eigenvalue weighted by Gasteiger charge is 2.19. The van der Waals surface area contributed by atoms with Crippen LogP contribution in [0, 0.1) is 0 Å². The lowest BCUT2D eigenvalue weighted by Crippen LogP contribution is -2.19. The van der Waals surface area contributed by atoms with Crippen LogP contribution in [0.3, 0.4) is 0 Å². The molecule has 0 aromatic carbocycles. The van der Waals surface area contributed by atoms with Crippen LogP contribution in [0.15, 0.2) is 6.20 Å². The molecule has 7 nitrogen and oxygen atoms in total. The molecule has 0 fully saturated rings. The zero-order valence-corrected chi connectivity index (χ0v) is 12.0. The SMILES string of the molecule is CCc1nnsc1C(=O)Nc1c(C(N)=S)cnn1C. The first-order valence-electron chi connectivity index (χ1n) is 5.49. The molecule has 0 aliphatic rings. The minimum absolute atomic E-state index is 0.182. The van der Waals surface area contributed by atoms with E-state index in [2.05, 4.69) is 20.0 Å². The van der Waals surface area contributed by atoms with Crippen LogP contribution in [-0.2, 0) is 13.5 Å². The fourth-order valence-electron chi connectivity index (χ4n) is 1.54. The molecule has 1 amide bonds. The lowest BCUT2D eigenvalue weighted by molar-refractivity contribution is 0.102. The summed E-state index contributed by atoms with van der Waals surface area (Å²) in [7, 11) is 1.70. The van der Waals surface area contributed by atoms with Crippen molar-refractivity contribution in [2.45, 2.75) is 13.3 Å². The monoisotopic (exact) mass is 296 g/mol. The molecule has 0 aliphatic heterocycles. The summed E-state index contributed by atoms with van der Waals surface area (Å²) in [5.41, 5.74) is 6.78. The van der Waals surface area contributed by atoms with Gasteiger partial charge in [0, 0.05) is 7.05 Å². The number of carbonyl (C=O) groups excluding carboxylic acids is 1. The lowest BCUT2D eigenvalue weighted by atomic mass is 10.2. The lowest BCUT2D eigenvalue weighted by Gasteiger charge is -2.06. The zero-order chi connectivity index (χ0) is 14.0. The summed E-state index contributed by atoms with van der Waals surface area (Å²) in [6, 6.07) is 0. The second-order valence-corrected chi connectivity index (χ2v) is 4.95. The summed E-state index contributed by atoms with van der Waals surface area (Å²) in [6.45, 7) is 1.91. The van der Waals surface area contributed by atoms with Gasteiger partial charge in [-0.1, -0.05) is 23.6 Å². The molecule has 0 saturated carbocycles. The number of anilines is 1. The molecule has 3 N–H and O–H groups in total. The Kier molecular flexibility index (Phi) is 3.86. The normalized spacial score (nSPS) is 10.4. The standard InChI is InChI=1S/C10H12N6OS2/c1-3-6-7(19-15-14-6)10(17)13-9-5(8(11)18)4-12-16(9)2/h4H,3H2,1-2H3,(H2,11,18)(H,13,17). The number of rotatable bonds is 4. The van der Waals surface area contributed by atoms with Crippen LogP contribution in [0.2, 0.25) is 0 Å². The third kappa shape index (κ3) is 2.61. The van der Waals surface area contributed by atoms with Crippen LogP contribution < -0.4 is 11.1 Å². The molecule has 100 valence electrons. The Morgan fingerprint density at radius 2 is 2.37 bits per heavy atom. The van der Waals surface area contributed by atoms with Crippen molar-refractivity contribution < 1.29 is 4.79 Å². The van der Waals surface area contributed by atoms with E-state index in [9.17, 15) is 4.79 Å². The maximum atomic E-state index is 12.2. The molecular formula is C10H12N6OS2. The molecule has 2 aromatic rings. The van der Waals surface area contributed by atoms with E-state index in [1.807, 2.05) is 6.92 Å². The molecule has 0 radical (unpaired) electrons. The Hall–Kier alpha value is -1.87. The van der Waals surface area contributed by atoms with Crippen molar-refractivity contribution in [3.8, 4) is 0 Å². The summed E-state index contributed by atoms with van der Waals surface area (Å²) in [5.74, 6) is 0.181. The van der Waals surface area contributed by atoms with Gasteiger partial charge in [-0.2, -0.15) is 5.10 Å². The van der Waals surface area contributed by atoms with E-state index >= 15 is 0 Å². The summed E-state index contributed by atoms with van der Waals surface area (Å²) < 4.78 is 5.29. The van der Waals surface area contributed by atoms with Crippen molar-refractivity contribution in [3.63, 3.8) is 0 Å². The molecule has 0 unspecified atom stereocenters. The van der Waals surface area contributed by atoms with Gasteiger partial charge in [0.15, 0.2) is 0 Å². The number of nitrogens with two attached hydrogens (primary N) is 1. The van der Waals surface area contributed by atoms with Crippen molar-refractivity contribution in [1.29, 1.82) is 0 Å². The van der Waals surface area contributed by atoms with E-state index in [0.29, 0.717) is 28.4 Å². The van der Waals surface area contributed by atoms with Gasteiger partial charge < -0.3 is 11.1 Å². The Balaban J connectivity index is 2.29. The fraction of sp³-hybridized carbons (Fsp3) is 0.300. The van der Waals surface area contributed by atoms with Gasteiger partial charge in [-0.25, -0.2) is 0 Å². The molecule has 0 saturated heterocycles. The number of nitrogens with zero attached hydrogens (tertiary/aromatic N) is 4. The Bertz CT molecular complexity index is 632. The quantitative estimate of drug-likeness (QED) is 0.807. The van der Waals surface area contributed by atoms with Crippen molar-refractivity contribution in [3.05, 3.63) is 22.3 Å². The van der Waals surface area contributed by atoms with Crippen LogP contribution >= 0.6 is 23.8 Å². The first-order chi connectivity index (χ1) is 9.04. The number of thiocarbonyl (C=S) groups is 1. The van der Waals surface area contributed by atoms with Gasteiger partial charge in [0.2, 0.25) is 0 Å². The second-order valence-electron chi connectivity index (χ2n) is 3.75. The number of hydrogen-bond acceptors (Lipinski definition) is 6. The van der Waals surface area contributed by atoms with E-state index in [1.165, 1.54) is 10.9 Å². The summed E-state index contributed by atoms with van der Waals surface area (Å²) >= 11 is 5.97. The topological polar surface area (TPSA) is 98.7 Å². The molecule has 9 heteroatoms. The second kappa shape index (κ2) is 5.41. The third-order valence-electron chi connectivity index (χ3n) is 2.53. The highest BCUT2D eigenvalue weighted by molar-refractivity contribution is 7.80. The predicted octanol–water partition coefficient (Wildman–Crippen LogP) is 0.720. The molecular weight excluding hydrogens is 284 g/mol. The molecule has 0 aliphatic carbocycles. The highest BCUT2D eigenvalue weighted by Crippen LogP contribution is 2.18. The smallest absolute Gasteiger partial charge is 0.270 e. The van der Waals surface area contributed by atoms with Crippen LogP contribution in [0.1, 0.15) is 27.9 Å². The number of nitrogens with one attached hydrogen (secondary N) is 1. The Morgan fingerprint density at radius 3 is 3.00 bits per heavy atom. The summed E-state index contributed by atoms with van der Waals surface area (Å²) in [5, 5.41) is 10.7. The van der Waals surface area contributed by atoms with Crippen LogP contribution in [0.4, 0.5) is 5.82 Å².